The zero-order chi connectivity index (χ0) is 38.5. The van der Waals surface area contributed by atoms with Crippen LogP contribution >= 0.6 is 17.1 Å². The van der Waals surface area contributed by atoms with Gasteiger partial charge >= 0.3 is 0 Å². The van der Waals surface area contributed by atoms with Gasteiger partial charge in [-0.05, 0) is 66.2 Å². The van der Waals surface area contributed by atoms with Crippen LogP contribution in [-0.4, -0.2) is 82.8 Å². The van der Waals surface area contributed by atoms with Crippen LogP contribution < -0.4 is 15.9 Å². The Kier molecular flexibility index (Phi) is 11.1. The predicted octanol–water partition coefficient (Wildman–Crippen LogP) is 7.08. The molecule has 2 aromatic carbocycles. The minimum absolute atomic E-state index is 0.0108. The van der Waals surface area contributed by atoms with Crippen LogP contribution in [0.5, 0.6) is 0 Å². The van der Waals surface area contributed by atoms with Crippen LogP contribution in [-0.2, 0) is 30.0 Å². The van der Waals surface area contributed by atoms with Crippen LogP contribution in [0.1, 0.15) is 66.5 Å². The minimum Gasteiger partial charge on any atom is -0.405 e. The molecule has 3 fully saturated rings. The number of aliphatic imine (C=N–C) groups is 1. The third-order valence-corrected chi connectivity index (χ3v) is 21.7. The summed E-state index contributed by atoms with van der Waals surface area (Å²) in [5, 5.41) is 2.12. The largest absolute Gasteiger partial charge is 0.405 e. The second kappa shape index (κ2) is 15.2. The summed E-state index contributed by atoms with van der Waals surface area (Å²) in [4.78, 5) is 31.1. The van der Waals surface area contributed by atoms with Crippen LogP contribution in [0, 0.1) is 5.92 Å². The minimum atomic E-state index is -2.92. The summed E-state index contributed by atoms with van der Waals surface area (Å²) in [5.74, 6) is 0.588. The van der Waals surface area contributed by atoms with E-state index in [4.69, 9.17) is 30.0 Å². The van der Waals surface area contributed by atoms with Crippen molar-refractivity contribution in [1.82, 2.24) is 24.4 Å². The molecule has 15 heteroatoms. The van der Waals surface area contributed by atoms with Crippen LogP contribution in [0.3, 0.4) is 0 Å². The fraction of sp³-hybridized carbons (Fsp3) is 0.487. The molecule has 0 radical (unpaired) electrons. The molecule has 2 saturated heterocycles. The first kappa shape index (κ1) is 39.3. The van der Waals surface area contributed by atoms with Crippen molar-refractivity contribution in [2.45, 2.75) is 94.6 Å². The molecule has 0 unspecified atom stereocenters. The van der Waals surface area contributed by atoms with Gasteiger partial charge in [-0.3, -0.25) is 14.3 Å². The molecule has 2 aromatic heterocycles. The third kappa shape index (κ3) is 7.60. The fourth-order valence-corrected chi connectivity index (χ4v) is 20.2. The van der Waals surface area contributed by atoms with E-state index in [1.165, 1.54) is 15.9 Å². The Bertz CT molecular complexity index is 2090. The first-order valence-corrected chi connectivity index (χ1v) is 24.5. The Morgan fingerprint density at radius 1 is 1.19 bits per heavy atom. The van der Waals surface area contributed by atoms with Crippen molar-refractivity contribution < 1.29 is 18.2 Å². The smallest absolute Gasteiger partial charge is 0.280 e. The molecule has 0 spiro atoms. The second-order valence-corrected chi connectivity index (χ2v) is 27.0. The lowest BCUT2D eigenvalue weighted by atomic mass is 9.77. The highest BCUT2D eigenvalue weighted by Gasteiger charge is 2.56. The van der Waals surface area contributed by atoms with Crippen LogP contribution in [0.25, 0.3) is 11.2 Å². The molecule has 4 heterocycles. The number of aromatic nitrogens is 4. The zero-order valence-electron chi connectivity index (χ0n) is 32.1. The molecule has 288 valence electrons. The molecule has 3 aliphatic rings. The van der Waals surface area contributed by atoms with Crippen LogP contribution in [0.2, 0.25) is 5.04 Å². The number of fused-ring (bicyclic) bond motifs is 2. The average molecular weight is 807 g/mol. The normalized spacial score (nSPS) is 28.8. The Balaban J connectivity index is 1.25. The Hall–Kier alpha value is -2.94. The molecular weight excluding hydrogens is 756 g/mol. The van der Waals surface area contributed by atoms with E-state index in [-0.39, 0.29) is 39.5 Å². The Morgan fingerprint density at radius 3 is 2.46 bits per heavy atom. The predicted molar refractivity (Wildman–Crippen MR) is 224 cm³/mol. The van der Waals surface area contributed by atoms with E-state index >= 15 is 0 Å². The summed E-state index contributed by atoms with van der Waals surface area (Å²) in [6.07, 6.45) is 5.03. The number of nitrogens with one attached hydrogen (secondary N) is 1. The first-order chi connectivity index (χ1) is 25.6. The van der Waals surface area contributed by atoms with Crippen LogP contribution in [0.15, 0.2) is 88.9 Å². The number of nitrogens with zero attached hydrogens (tertiary/aromatic N) is 5. The first-order valence-electron chi connectivity index (χ1n) is 18.5. The van der Waals surface area contributed by atoms with Crippen molar-refractivity contribution in [3.8, 4) is 0 Å². The van der Waals surface area contributed by atoms with E-state index in [0.29, 0.717) is 18.0 Å². The van der Waals surface area contributed by atoms with Crippen molar-refractivity contribution >= 4 is 71.0 Å². The van der Waals surface area contributed by atoms with Gasteiger partial charge in [0.25, 0.3) is 13.9 Å². The van der Waals surface area contributed by atoms with Crippen molar-refractivity contribution in [2.75, 3.05) is 20.7 Å². The molecule has 1 N–H and O–H groups in total. The van der Waals surface area contributed by atoms with Crippen molar-refractivity contribution in [3.63, 3.8) is 0 Å². The number of hydrogen-bond acceptors (Lipinski definition) is 10. The quantitative estimate of drug-likeness (QED) is 0.0555. The van der Waals surface area contributed by atoms with Gasteiger partial charge in [-0.15, -0.1) is 0 Å². The van der Waals surface area contributed by atoms with E-state index in [9.17, 15) is 4.79 Å². The van der Waals surface area contributed by atoms with Crippen molar-refractivity contribution in [1.29, 1.82) is 0 Å². The number of hydrogen-bond donors (Lipinski definition) is 1. The molecular formula is C39H51N6O5PS2Si. The molecule has 4 aromatic rings. The van der Waals surface area contributed by atoms with Gasteiger partial charge < -0.3 is 23.1 Å². The maximum absolute atomic E-state index is 13.1. The highest BCUT2D eigenvalue weighted by molar-refractivity contribution is 8.68. The van der Waals surface area contributed by atoms with Gasteiger partial charge in [0.1, 0.15) is 12.3 Å². The molecule has 0 bridgehead atoms. The lowest BCUT2D eigenvalue weighted by Gasteiger charge is -2.43. The maximum Gasteiger partial charge on any atom is 0.280 e. The Morgan fingerprint density at radius 2 is 1.85 bits per heavy atom. The molecule has 7 atom stereocenters. The molecule has 1 aliphatic carbocycles. The summed E-state index contributed by atoms with van der Waals surface area (Å²) in [5.41, 5.74) is -1.41. The van der Waals surface area contributed by atoms with E-state index in [1.54, 1.807) is 33.5 Å². The second-order valence-electron chi connectivity index (χ2n) is 16.2. The van der Waals surface area contributed by atoms with Crippen molar-refractivity contribution in [3.05, 3.63) is 89.5 Å². The number of benzene rings is 2. The van der Waals surface area contributed by atoms with Gasteiger partial charge in [0.2, 0.25) is 11.6 Å². The number of aromatic amines is 1. The van der Waals surface area contributed by atoms with Gasteiger partial charge in [-0.25, -0.2) is 9.98 Å². The number of rotatable bonds is 11. The molecule has 11 nitrogen and oxygen atoms in total. The topological polar surface area (TPSA) is 116 Å². The standard InChI is InChI=1S/C39H51N6O5PS2Si/c1-26(2)27-19-20-39(6)32(21-27)50-51(52,53-39)49-30-22-33(45-25-40-34-35(45)42-37(43-36(34)46)41-24-44(7)8)48-31(30)23-47-54(38(3,4)5,28-15-11-9-12-16-28)29-17-13-10-14-18-29/h9-18,24-25,27,30-33H,1,19-23H2,2-8H3,(H,42,43,46)/t27-,30-,31+,32+,33+,39+,51-/m0/s1. The lowest BCUT2D eigenvalue weighted by molar-refractivity contribution is -0.0364. The lowest BCUT2D eigenvalue weighted by Crippen LogP contribution is -2.67. The average Bonchev–Trinajstić information content (AvgIpc) is 3.80. The maximum atomic E-state index is 13.1. The van der Waals surface area contributed by atoms with Gasteiger partial charge in [-0.1, -0.05) is 105 Å². The number of imidazole rings is 1. The van der Waals surface area contributed by atoms with E-state index < -0.39 is 32.4 Å². The van der Waals surface area contributed by atoms with Crippen molar-refractivity contribution in [2.24, 2.45) is 10.9 Å². The molecule has 1 saturated carbocycles. The van der Waals surface area contributed by atoms with E-state index in [1.807, 2.05) is 26.2 Å². The summed E-state index contributed by atoms with van der Waals surface area (Å²) in [6, 6.07) is 21.1. The summed E-state index contributed by atoms with van der Waals surface area (Å²) >= 11 is 8.04. The van der Waals surface area contributed by atoms with Gasteiger partial charge in [0.05, 0.1) is 31.5 Å². The molecule has 0 amide bonds. The zero-order valence-corrected chi connectivity index (χ0v) is 35.6. The SMILES string of the molecule is C=C(C)[C@H]1CC[C@@]2(C)S[P@@](=S)(O[C@H]3C[C@H](n4cnc5c(=O)[nH]c(N=CN(C)C)nc54)O[C@@H]3CO[Si](c3ccccc3)(c3ccccc3)C(C)(C)C)O[C@@H]2C1. The summed E-state index contributed by atoms with van der Waals surface area (Å²) in [6.45, 7) is 15.7. The Labute approximate surface area is 328 Å². The number of ether oxygens (including phenoxy) is 1. The monoisotopic (exact) mass is 806 g/mol. The summed E-state index contributed by atoms with van der Waals surface area (Å²) < 4.78 is 29.9. The molecule has 2 aliphatic heterocycles. The highest BCUT2D eigenvalue weighted by Crippen LogP contribution is 2.76. The van der Waals surface area contributed by atoms with Gasteiger partial charge in [0.15, 0.2) is 11.2 Å². The number of H-pyrrole nitrogens is 1. The number of allylic oxidation sites excluding steroid dienone is 1. The molecule has 7 rings (SSSR count). The van der Waals surface area contributed by atoms with Gasteiger partial charge in [-0.2, -0.15) is 4.98 Å². The van der Waals surface area contributed by atoms with Gasteiger partial charge in [0, 0.05) is 25.3 Å². The van der Waals surface area contributed by atoms with Crippen LogP contribution in [0.4, 0.5) is 5.95 Å². The molecule has 54 heavy (non-hydrogen) atoms. The summed E-state index contributed by atoms with van der Waals surface area (Å²) in [7, 11) is 0.772. The van der Waals surface area contributed by atoms with E-state index in [2.05, 4.69) is 110 Å². The third-order valence-electron chi connectivity index (χ3n) is 10.9. The fourth-order valence-electron chi connectivity index (χ4n) is 8.06. The van der Waals surface area contributed by atoms with E-state index in [0.717, 1.165) is 19.3 Å². The highest BCUT2D eigenvalue weighted by atomic mass is 32.9.